The number of carbonyl (C=O) groups is 2. The van der Waals surface area contributed by atoms with Gasteiger partial charge in [0.1, 0.15) is 5.78 Å². The van der Waals surface area contributed by atoms with Crippen LogP contribution in [0.25, 0.3) is 11.3 Å². The van der Waals surface area contributed by atoms with Crippen molar-refractivity contribution in [2.45, 2.75) is 31.6 Å². The summed E-state index contributed by atoms with van der Waals surface area (Å²) < 4.78 is 10.9. The number of Topliss-reactive ketones (excluding diaryl/α,β-unsaturated/α-hetero) is 1. The van der Waals surface area contributed by atoms with Crippen molar-refractivity contribution in [3.05, 3.63) is 77.0 Å². The number of ketones is 1. The van der Waals surface area contributed by atoms with Gasteiger partial charge < -0.3 is 14.6 Å². The monoisotopic (exact) mass is 415 g/mol. The standard InChI is InChI=1S/C25H21NO5/c1-15-5-7-19(26-23(15)16-3-2-4-17(11-16)24(28)29)13-22(27)25(9-10-25)18-6-8-20-21(12-18)31-14-30-20/h2-8,11-12H,9-10,13-14H2,1H3,(H,28,29). The minimum Gasteiger partial charge on any atom is -0.478 e. The number of aromatic carboxylic acids is 1. The fourth-order valence-electron chi connectivity index (χ4n) is 4.14. The second-order valence-electron chi connectivity index (χ2n) is 8.10. The zero-order chi connectivity index (χ0) is 21.6. The summed E-state index contributed by atoms with van der Waals surface area (Å²) in [4.78, 5) is 29.3. The number of aryl methyl sites for hydroxylation is 1. The number of nitrogens with zero attached hydrogens (tertiary/aromatic N) is 1. The Bertz CT molecular complexity index is 1210. The predicted molar refractivity (Wildman–Crippen MR) is 114 cm³/mol. The van der Waals surface area contributed by atoms with Gasteiger partial charge in [-0.1, -0.05) is 24.3 Å². The number of carboxylic acid groups (broad SMARTS) is 1. The van der Waals surface area contributed by atoms with Crippen LogP contribution in [0.5, 0.6) is 11.5 Å². The van der Waals surface area contributed by atoms with Crippen molar-refractivity contribution in [3.8, 4) is 22.8 Å². The normalized spacial score (nSPS) is 15.5. The highest BCUT2D eigenvalue weighted by Gasteiger charge is 2.51. The van der Waals surface area contributed by atoms with E-state index in [1.54, 1.807) is 18.2 Å². The van der Waals surface area contributed by atoms with Crippen molar-refractivity contribution < 1.29 is 24.2 Å². The summed E-state index contributed by atoms with van der Waals surface area (Å²) in [5.41, 5.74) is 3.71. The largest absolute Gasteiger partial charge is 0.478 e. The molecule has 1 saturated carbocycles. The molecule has 5 rings (SSSR count). The molecule has 1 aliphatic carbocycles. The van der Waals surface area contributed by atoms with Crippen molar-refractivity contribution >= 4 is 11.8 Å². The Morgan fingerprint density at radius 1 is 1.03 bits per heavy atom. The summed E-state index contributed by atoms with van der Waals surface area (Å²) >= 11 is 0. The third kappa shape index (κ3) is 3.44. The summed E-state index contributed by atoms with van der Waals surface area (Å²) in [6.45, 7) is 2.13. The number of rotatable bonds is 6. The molecule has 0 atom stereocenters. The van der Waals surface area contributed by atoms with Crippen LogP contribution in [0, 0.1) is 6.92 Å². The molecule has 3 aromatic rings. The molecule has 1 fully saturated rings. The molecular weight excluding hydrogens is 394 g/mol. The Labute approximate surface area is 179 Å². The number of hydrogen-bond donors (Lipinski definition) is 1. The third-order valence-corrected chi connectivity index (χ3v) is 6.09. The lowest BCUT2D eigenvalue weighted by atomic mass is 9.88. The molecule has 6 nitrogen and oxygen atoms in total. The van der Waals surface area contributed by atoms with Crippen molar-refractivity contribution in [3.63, 3.8) is 0 Å². The highest BCUT2D eigenvalue weighted by atomic mass is 16.7. The van der Waals surface area contributed by atoms with Gasteiger partial charge in [-0.25, -0.2) is 4.79 Å². The number of ether oxygens (including phenoxy) is 2. The molecule has 31 heavy (non-hydrogen) atoms. The van der Waals surface area contributed by atoms with Crippen molar-refractivity contribution in [2.24, 2.45) is 0 Å². The van der Waals surface area contributed by atoms with E-state index in [0.717, 1.165) is 29.5 Å². The van der Waals surface area contributed by atoms with Gasteiger partial charge in [-0.3, -0.25) is 9.78 Å². The zero-order valence-corrected chi connectivity index (χ0v) is 17.1. The lowest BCUT2D eigenvalue weighted by molar-refractivity contribution is -0.120. The molecule has 156 valence electrons. The first-order valence-corrected chi connectivity index (χ1v) is 10.2. The number of hydrogen-bond acceptors (Lipinski definition) is 5. The highest BCUT2D eigenvalue weighted by molar-refractivity contribution is 5.94. The topological polar surface area (TPSA) is 85.7 Å². The number of fused-ring (bicyclic) bond motifs is 1. The molecule has 1 aromatic heterocycles. The fourth-order valence-corrected chi connectivity index (χ4v) is 4.14. The second kappa shape index (κ2) is 7.23. The van der Waals surface area contributed by atoms with Gasteiger partial charge in [0.15, 0.2) is 11.5 Å². The van der Waals surface area contributed by atoms with Gasteiger partial charge in [0.2, 0.25) is 6.79 Å². The van der Waals surface area contributed by atoms with E-state index >= 15 is 0 Å². The molecule has 6 heteroatoms. The van der Waals surface area contributed by atoms with Crippen molar-refractivity contribution in [1.29, 1.82) is 0 Å². The van der Waals surface area contributed by atoms with Crippen LogP contribution in [-0.4, -0.2) is 28.6 Å². The van der Waals surface area contributed by atoms with E-state index in [1.807, 2.05) is 43.3 Å². The molecule has 1 N–H and O–H groups in total. The van der Waals surface area contributed by atoms with Gasteiger partial charge in [0, 0.05) is 17.7 Å². The van der Waals surface area contributed by atoms with Crippen LogP contribution >= 0.6 is 0 Å². The van der Waals surface area contributed by atoms with E-state index in [0.29, 0.717) is 22.9 Å². The van der Waals surface area contributed by atoms with Crippen LogP contribution in [0.2, 0.25) is 0 Å². The minimum atomic E-state index is -0.981. The summed E-state index contributed by atoms with van der Waals surface area (Å²) in [6.07, 6.45) is 1.84. The average Bonchev–Trinajstić information content (AvgIpc) is 3.46. The van der Waals surface area contributed by atoms with E-state index in [2.05, 4.69) is 0 Å². The van der Waals surface area contributed by atoms with E-state index in [9.17, 15) is 14.7 Å². The van der Waals surface area contributed by atoms with E-state index < -0.39 is 11.4 Å². The molecule has 1 aliphatic heterocycles. The number of pyridine rings is 1. The van der Waals surface area contributed by atoms with Gasteiger partial charge in [-0.15, -0.1) is 0 Å². The molecule has 2 aliphatic rings. The Hall–Kier alpha value is -3.67. The van der Waals surface area contributed by atoms with Gasteiger partial charge in [-0.05, 0) is 61.2 Å². The molecule has 2 aromatic carbocycles. The maximum Gasteiger partial charge on any atom is 0.335 e. The van der Waals surface area contributed by atoms with Crippen LogP contribution in [0.4, 0.5) is 0 Å². The molecule has 0 bridgehead atoms. The molecule has 0 amide bonds. The Balaban J connectivity index is 1.42. The van der Waals surface area contributed by atoms with Crippen molar-refractivity contribution in [1.82, 2.24) is 4.98 Å². The minimum absolute atomic E-state index is 0.132. The molecular formula is C25H21NO5. The summed E-state index contributed by atoms with van der Waals surface area (Å²) in [5, 5.41) is 9.28. The lowest BCUT2D eigenvalue weighted by Crippen LogP contribution is -2.23. The van der Waals surface area contributed by atoms with Gasteiger partial charge in [0.05, 0.1) is 16.7 Å². The first kappa shape index (κ1) is 19.3. The first-order chi connectivity index (χ1) is 15.0. The first-order valence-electron chi connectivity index (χ1n) is 10.2. The number of aromatic nitrogens is 1. The second-order valence-corrected chi connectivity index (χ2v) is 8.10. The number of carboxylic acids is 1. The molecule has 0 radical (unpaired) electrons. The Morgan fingerprint density at radius 3 is 2.61 bits per heavy atom. The SMILES string of the molecule is Cc1ccc(CC(=O)C2(c3ccc4c(c3)OCO4)CC2)nc1-c1cccc(C(=O)O)c1. The number of benzene rings is 2. The quantitative estimate of drug-likeness (QED) is 0.645. The highest BCUT2D eigenvalue weighted by Crippen LogP contribution is 2.51. The van der Waals surface area contributed by atoms with E-state index in [1.165, 1.54) is 0 Å². The average molecular weight is 415 g/mol. The lowest BCUT2D eigenvalue weighted by Gasteiger charge is -2.16. The molecule has 0 saturated heterocycles. The van der Waals surface area contributed by atoms with Crippen LogP contribution in [-0.2, 0) is 16.6 Å². The molecule has 2 heterocycles. The molecule has 0 unspecified atom stereocenters. The Kier molecular flexibility index (Phi) is 4.50. The summed E-state index contributed by atoms with van der Waals surface area (Å²) in [6, 6.07) is 16.2. The third-order valence-electron chi connectivity index (χ3n) is 6.09. The van der Waals surface area contributed by atoms with Crippen molar-refractivity contribution in [2.75, 3.05) is 6.79 Å². The van der Waals surface area contributed by atoms with Crippen LogP contribution in [0.1, 0.15) is 40.0 Å². The van der Waals surface area contributed by atoms with Gasteiger partial charge in [-0.2, -0.15) is 0 Å². The van der Waals surface area contributed by atoms with Crippen LogP contribution in [0.15, 0.2) is 54.6 Å². The molecule has 0 spiro atoms. The predicted octanol–water partition coefficient (Wildman–Crippen LogP) is 4.33. The van der Waals surface area contributed by atoms with Crippen LogP contribution in [0.3, 0.4) is 0 Å². The zero-order valence-electron chi connectivity index (χ0n) is 17.1. The fraction of sp³-hybridized carbons (Fsp3) is 0.240. The maximum atomic E-state index is 13.3. The summed E-state index contributed by atoms with van der Waals surface area (Å²) in [5.74, 6) is 0.546. The smallest absolute Gasteiger partial charge is 0.335 e. The van der Waals surface area contributed by atoms with Gasteiger partial charge in [0.25, 0.3) is 0 Å². The van der Waals surface area contributed by atoms with E-state index in [-0.39, 0.29) is 24.6 Å². The van der Waals surface area contributed by atoms with Gasteiger partial charge >= 0.3 is 5.97 Å². The maximum absolute atomic E-state index is 13.3. The number of carbonyl (C=O) groups excluding carboxylic acids is 1. The Morgan fingerprint density at radius 2 is 1.84 bits per heavy atom. The summed E-state index contributed by atoms with van der Waals surface area (Å²) in [7, 11) is 0. The van der Waals surface area contributed by atoms with Crippen LogP contribution < -0.4 is 9.47 Å². The van der Waals surface area contributed by atoms with E-state index in [4.69, 9.17) is 14.5 Å².